The fourth-order valence-corrected chi connectivity index (χ4v) is 2.79. The molecule has 0 saturated heterocycles. The number of esters is 2. The number of rotatable bonds is 14. The van der Waals surface area contributed by atoms with Crippen LogP contribution in [0.3, 0.4) is 0 Å². The molecule has 1 aromatic carbocycles. The van der Waals surface area contributed by atoms with Gasteiger partial charge in [-0.05, 0) is 38.2 Å². The van der Waals surface area contributed by atoms with Crippen molar-refractivity contribution in [2.75, 3.05) is 6.61 Å². The van der Waals surface area contributed by atoms with Gasteiger partial charge in [-0.2, -0.15) is 0 Å². The van der Waals surface area contributed by atoms with Crippen LogP contribution in [0.5, 0.6) is 0 Å². The topological polar surface area (TPSA) is 52.6 Å². The van der Waals surface area contributed by atoms with Gasteiger partial charge in [0.05, 0.1) is 12.7 Å². The van der Waals surface area contributed by atoms with Crippen LogP contribution < -0.4 is 0 Å². The van der Waals surface area contributed by atoms with Crippen LogP contribution in [0.1, 0.15) is 70.8 Å². The zero-order valence-electron chi connectivity index (χ0n) is 16.8. The fourth-order valence-electron chi connectivity index (χ4n) is 2.79. The summed E-state index contributed by atoms with van der Waals surface area (Å²) in [6, 6.07) is 10.0. The molecule has 0 aliphatic carbocycles. The second kappa shape index (κ2) is 15.0. The maximum absolute atomic E-state index is 11.7. The monoisotopic (exact) mass is 374 g/mol. The quantitative estimate of drug-likeness (QED) is 0.248. The zero-order chi connectivity index (χ0) is 19.7. The van der Waals surface area contributed by atoms with Gasteiger partial charge in [0.2, 0.25) is 0 Å². The molecule has 27 heavy (non-hydrogen) atoms. The molecule has 0 spiro atoms. The highest BCUT2D eigenvalue weighted by Gasteiger charge is 2.07. The van der Waals surface area contributed by atoms with E-state index in [1.807, 2.05) is 37.3 Å². The zero-order valence-corrected chi connectivity index (χ0v) is 16.8. The van der Waals surface area contributed by atoms with E-state index < -0.39 is 11.9 Å². The fraction of sp³-hybridized carbons (Fsp3) is 0.565. The normalized spacial score (nSPS) is 12.1. The Kier molecular flexibility index (Phi) is 12.7. The van der Waals surface area contributed by atoms with Crippen molar-refractivity contribution in [3.05, 3.63) is 48.0 Å². The Morgan fingerprint density at radius 2 is 1.59 bits per heavy atom. The van der Waals surface area contributed by atoms with Crippen LogP contribution in [-0.4, -0.2) is 24.6 Å². The van der Waals surface area contributed by atoms with Gasteiger partial charge in [-0.15, -0.1) is 0 Å². The average molecular weight is 375 g/mol. The Bertz CT molecular complexity index is 551. The van der Waals surface area contributed by atoms with E-state index in [9.17, 15) is 9.59 Å². The van der Waals surface area contributed by atoms with E-state index in [0.29, 0.717) is 6.61 Å². The summed E-state index contributed by atoms with van der Waals surface area (Å²) in [5.74, 6) is -1.00. The first kappa shape index (κ1) is 22.9. The predicted octanol–water partition coefficient (Wildman–Crippen LogP) is 5.40. The third kappa shape index (κ3) is 12.8. The maximum atomic E-state index is 11.7. The lowest BCUT2D eigenvalue weighted by molar-refractivity contribution is -0.143. The Morgan fingerprint density at radius 3 is 2.33 bits per heavy atom. The van der Waals surface area contributed by atoms with Crippen molar-refractivity contribution < 1.29 is 19.1 Å². The van der Waals surface area contributed by atoms with Gasteiger partial charge in [0.25, 0.3) is 0 Å². The summed E-state index contributed by atoms with van der Waals surface area (Å²) < 4.78 is 10.4. The van der Waals surface area contributed by atoms with E-state index in [-0.39, 0.29) is 6.10 Å². The predicted molar refractivity (Wildman–Crippen MR) is 108 cm³/mol. The summed E-state index contributed by atoms with van der Waals surface area (Å²) >= 11 is 0. The van der Waals surface area contributed by atoms with E-state index in [2.05, 4.69) is 6.92 Å². The lowest BCUT2D eigenvalue weighted by Crippen LogP contribution is -2.13. The van der Waals surface area contributed by atoms with Crippen LogP contribution in [0, 0.1) is 0 Å². The summed E-state index contributed by atoms with van der Waals surface area (Å²) in [7, 11) is 0. The average Bonchev–Trinajstić information content (AvgIpc) is 2.67. The van der Waals surface area contributed by atoms with Crippen molar-refractivity contribution >= 4 is 11.9 Å². The molecule has 0 bridgehead atoms. The molecule has 0 aliphatic rings. The number of carbonyl (C=O) groups excluding carboxylic acids is 2. The molecule has 0 heterocycles. The van der Waals surface area contributed by atoms with Crippen LogP contribution in [0.15, 0.2) is 42.5 Å². The highest BCUT2D eigenvalue weighted by Crippen LogP contribution is 2.10. The van der Waals surface area contributed by atoms with E-state index >= 15 is 0 Å². The minimum atomic E-state index is -0.511. The standard InChI is InChI=1S/C23H34O4/c1-3-4-5-6-7-9-13-20(2)27-23(25)18-17-22(24)26-19-12-16-21-14-10-8-11-15-21/h8,10-11,14-15,17-18,20H,3-7,9,12-13,16,19H2,1-2H3/b18-17+. The van der Waals surface area contributed by atoms with Crippen LogP contribution in [0.25, 0.3) is 0 Å². The molecule has 0 radical (unpaired) electrons. The smallest absolute Gasteiger partial charge is 0.331 e. The molecule has 1 unspecified atom stereocenters. The maximum Gasteiger partial charge on any atom is 0.331 e. The lowest BCUT2D eigenvalue weighted by atomic mass is 10.1. The van der Waals surface area contributed by atoms with Crippen molar-refractivity contribution in [3.63, 3.8) is 0 Å². The largest absolute Gasteiger partial charge is 0.463 e. The first-order valence-electron chi connectivity index (χ1n) is 10.2. The van der Waals surface area contributed by atoms with Crippen LogP contribution in [0.4, 0.5) is 0 Å². The van der Waals surface area contributed by atoms with Crippen LogP contribution in [-0.2, 0) is 25.5 Å². The van der Waals surface area contributed by atoms with Gasteiger partial charge in [-0.1, -0.05) is 69.4 Å². The number of carbonyl (C=O) groups is 2. The molecule has 0 fully saturated rings. The van der Waals surface area contributed by atoms with E-state index in [1.165, 1.54) is 37.7 Å². The van der Waals surface area contributed by atoms with Crippen LogP contribution >= 0.6 is 0 Å². The molecule has 1 atom stereocenters. The minimum absolute atomic E-state index is 0.129. The summed E-state index contributed by atoms with van der Waals surface area (Å²) in [6.45, 7) is 4.43. The molecule has 0 amide bonds. The molecule has 1 aromatic rings. The molecular formula is C23H34O4. The second-order valence-corrected chi connectivity index (χ2v) is 6.89. The number of hydrogen-bond donors (Lipinski definition) is 0. The van der Waals surface area contributed by atoms with Crippen molar-refractivity contribution in [1.29, 1.82) is 0 Å². The third-order valence-electron chi connectivity index (χ3n) is 4.33. The first-order chi connectivity index (χ1) is 13.1. The Balaban J connectivity index is 2.08. The van der Waals surface area contributed by atoms with Crippen molar-refractivity contribution in [2.45, 2.75) is 77.7 Å². The number of hydrogen-bond acceptors (Lipinski definition) is 4. The second-order valence-electron chi connectivity index (χ2n) is 6.89. The molecule has 4 heteroatoms. The van der Waals surface area contributed by atoms with Gasteiger partial charge in [-0.25, -0.2) is 9.59 Å². The van der Waals surface area contributed by atoms with Crippen LogP contribution in [0.2, 0.25) is 0 Å². The molecule has 0 aromatic heterocycles. The lowest BCUT2D eigenvalue weighted by Gasteiger charge is -2.11. The molecule has 0 saturated carbocycles. The first-order valence-corrected chi connectivity index (χ1v) is 10.2. The minimum Gasteiger partial charge on any atom is -0.463 e. The van der Waals surface area contributed by atoms with Gasteiger partial charge < -0.3 is 9.47 Å². The van der Waals surface area contributed by atoms with Crippen molar-refractivity contribution in [1.82, 2.24) is 0 Å². The summed E-state index contributed by atoms with van der Waals surface area (Å²) in [5.41, 5.74) is 1.21. The summed E-state index contributed by atoms with van der Waals surface area (Å²) in [4.78, 5) is 23.4. The number of aryl methyl sites for hydroxylation is 1. The highest BCUT2D eigenvalue weighted by molar-refractivity contribution is 5.91. The molecular weight excluding hydrogens is 340 g/mol. The van der Waals surface area contributed by atoms with Gasteiger partial charge in [0, 0.05) is 12.2 Å². The molecule has 0 aliphatic heterocycles. The van der Waals surface area contributed by atoms with Crippen molar-refractivity contribution in [3.8, 4) is 0 Å². The Morgan fingerprint density at radius 1 is 0.926 bits per heavy atom. The third-order valence-corrected chi connectivity index (χ3v) is 4.33. The van der Waals surface area contributed by atoms with Gasteiger partial charge in [0.1, 0.15) is 0 Å². The van der Waals surface area contributed by atoms with Crippen molar-refractivity contribution in [2.24, 2.45) is 0 Å². The summed E-state index contributed by atoms with van der Waals surface area (Å²) in [5, 5.41) is 0. The number of unbranched alkanes of at least 4 members (excludes halogenated alkanes) is 5. The molecule has 4 nitrogen and oxygen atoms in total. The Hall–Kier alpha value is -2.10. The highest BCUT2D eigenvalue weighted by atomic mass is 16.5. The van der Waals surface area contributed by atoms with Gasteiger partial charge >= 0.3 is 11.9 Å². The summed E-state index contributed by atoms with van der Waals surface area (Å²) in [6.07, 6.45) is 11.9. The SMILES string of the molecule is CCCCCCCCC(C)OC(=O)/C=C/C(=O)OCCCc1ccccc1. The number of ether oxygens (including phenoxy) is 2. The Labute approximate surface area is 163 Å². The van der Waals surface area contributed by atoms with E-state index in [0.717, 1.165) is 37.8 Å². The molecule has 150 valence electrons. The van der Waals surface area contributed by atoms with E-state index in [1.54, 1.807) is 0 Å². The molecule has 1 rings (SSSR count). The molecule has 0 N–H and O–H groups in total. The van der Waals surface area contributed by atoms with Gasteiger partial charge in [0.15, 0.2) is 0 Å². The van der Waals surface area contributed by atoms with Gasteiger partial charge in [-0.3, -0.25) is 0 Å². The van der Waals surface area contributed by atoms with E-state index in [4.69, 9.17) is 9.47 Å². The number of benzene rings is 1.